The van der Waals surface area contributed by atoms with Crippen LogP contribution in [-0.2, 0) is 15.6 Å². The Morgan fingerprint density at radius 1 is 1.19 bits per heavy atom. The van der Waals surface area contributed by atoms with Crippen LogP contribution in [0.4, 0.5) is 11.4 Å². The summed E-state index contributed by atoms with van der Waals surface area (Å²) in [5.41, 5.74) is 5.49. The zero-order valence-electron chi connectivity index (χ0n) is 10.7. The van der Waals surface area contributed by atoms with Crippen LogP contribution in [0.15, 0.2) is 47.4 Å². The van der Waals surface area contributed by atoms with E-state index < -0.39 is 20.5 Å². The summed E-state index contributed by atoms with van der Waals surface area (Å²) < 4.78 is 24.7. The predicted octanol–water partition coefficient (Wildman–Crippen LogP) is 2.80. The van der Waals surface area contributed by atoms with E-state index in [2.05, 4.69) is 0 Å². The highest BCUT2D eigenvalue weighted by molar-refractivity contribution is 7.90. The van der Waals surface area contributed by atoms with Gasteiger partial charge in [-0.3, -0.25) is 10.1 Å². The number of hydrogen-bond donors (Lipinski definition) is 1. The van der Waals surface area contributed by atoms with E-state index in [1.165, 1.54) is 36.4 Å². The molecule has 21 heavy (non-hydrogen) atoms. The average Bonchev–Trinajstić information content (AvgIpc) is 2.40. The van der Waals surface area contributed by atoms with Gasteiger partial charge in [0.2, 0.25) is 0 Å². The van der Waals surface area contributed by atoms with Crippen molar-refractivity contribution >= 4 is 32.8 Å². The monoisotopic (exact) mass is 326 g/mol. The molecule has 2 aromatic carbocycles. The molecule has 0 heterocycles. The van der Waals surface area contributed by atoms with Gasteiger partial charge in [0.1, 0.15) is 0 Å². The van der Waals surface area contributed by atoms with Crippen molar-refractivity contribution < 1.29 is 13.3 Å². The summed E-state index contributed by atoms with van der Waals surface area (Å²) in [6, 6.07) is 9.78. The van der Waals surface area contributed by atoms with E-state index in [1.54, 1.807) is 6.07 Å². The first kappa shape index (κ1) is 15.3. The lowest BCUT2D eigenvalue weighted by molar-refractivity contribution is -0.385. The highest BCUT2D eigenvalue weighted by atomic mass is 35.5. The predicted molar refractivity (Wildman–Crippen MR) is 79.9 cm³/mol. The van der Waals surface area contributed by atoms with E-state index in [1.807, 2.05) is 0 Å². The average molecular weight is 327 g/mol. The number of benzene rings is 2. The number of nitrogens with two attached hydrogens (primary N) is 1. The van der Waals surface area contributed by atoms with E-state index in [9.17, 15) is 18.5 Å². The lowest BCUT2D eigenvalue weighted by atomic mass is 10.2. The number of sulfone groups is 1. The number of nitrogen functional groups attached to an aromatic ring is 1. The van der Waals surface area contributed by atoms with Crippen molar-refractivity contribution in [3.8, 4) is 0 Å². The number of hydrogen-bond acceptors (Lipinski definition) is 5. The highest BCUT2D eigenvalue weighted by Crippen LogP contribution is 2.30. The molecule has 0 aliphatic rings. The Hall–Kier alpha value is -2.12. The molecule has 0 aliphatic carbocycles. The standard InChI is InChI=1S/C13H11ClN2O4S/c14-12-5-2-6-13(16(17)18)11(12)8-21(19,20)10-4-1-3-9(15)7-10/h1-7H,8,15H2. The minimum absolute atomic E-state index is 0.00304. The number of anilines is 1. The van der Waals surface area contributed by atoms with E-state index in [-0.39, 0.29) is 21.2 Å². The Bertz CT molecular complexity index is 806. The fourth-order valence-corrected chi connectivity index (χ4v) is 3.61. The molecule has 0 amide bonds. The molecule has 0 aromatic heterocycles. The SMILES string of the molecule is Nc1cccc(S(=O)(=O)Cc2c(Cl)cccc2[N+](=O)[O-])c1. The Balaban J connectivity index is 2.49. The zero-order chi connectivity index (χ0) is 15.6. The van der Waals surface area contributed by atoms with Crippen LogP contribution >= 0.6 is 11.6 Å². The van der Waals surface area contributed by atoms with Gasteiger partial charge in [-0.1, -0.05) is 23.7 Å². The van der Waals surface area contributed by atoms with Crippen LogP contribution in [0.1, 0.15) is 5.56 Å². The molecule has 2 N–H and O–H groups in total. The maximum atomic E-state index is 12.3. The van der Waals surface area contributed by atoms with E-state index in [4.69, 9.17) is 17.3 Å². The van der Waals surface area contributed by atoms with Gasteiger partial charge in [0.05, 0.1) is 26.2 Å². The second kappa shape index (κ2) is 5.71. The van der Waals surface area contributed by atoms with E-state index in [0.717, 1.165) is 0 Å². The summed E-state index contributed by atoms with van der Waals surface area (Å²) in [5, 5.41) is 11.0. The molecular weight excluding hydrogens is 316 g/mol. The van der Waals surface area contributed by atoms with Gasteiger partial charge in [-0.2, -0.15) is 0 Å². The second-order valence-corrected chi connectivity index (χ2v) is 6.72. The van der Waals surface area contributed by atoms with Crippen LogP contribution in [0.2, 0.25) is 5.02 Å². The topological polar surface area (TPSA) is 103 Å². The first-order valence-electron chi connectivity index (χ1n) is 5.81. The van der Waals surface area contributed by atoms with Crippen LogP contribution in [0, 0.1) is 10.1 Å². The third kappa shape index (κ3) is 3.32. The van der Waals surface area contributed by atoms with Crippen molar-refractivity contribution in [2.24, 2.45) is 0 Å². The van der Waals surface area contributed by atoms with Crippen molar-refractivity contribution in [2.45, 2.75) is 10.6 Å². The summed E-state index contributed by atoms with van der Waals surface area (Å²) in [6.45, 7) is 0. The molecule has 2 aromatic rings. The van der Waals surface area contributed by atoms with Crippen LogP contribution in [0.25, 0.3) is 0 Å². The largest absolute Gasteiger partial charge is 0.399 e. The first-order valence-corrected chi connectivity index (χ1v) is 7.84. The van der Waals surface area contributed by atoms with Gasteiger partial charge in [0, 0.05) is 11.8 Å². The first-order chi connectivity index (χ1) is 9.81. The molecule has 0 unspecified atom stereocenters. The van der Waals surface area contributed by atoms with Gasteiger partial charge < -0.3 is 5.73 Å². The number of halogens is 1. The third-order valence-electron chi connectivity index (χ3n) is 2.84. The quantitative estimate of drug-likeness (QED) is 0.528. The Labute approximate surface area is 126 Å². The molecule has 0 saturated heterocycles. The minimum Gasteiger partial charge on any atom is -0.399 e. The van der Waals surface area contributed by atoms with Crippen LogP contribution in [-0.4, -0.2) is 13.3 Å². The molecule has 0 spiro atoms. The van der Waals surface area contributed by atoms with Gasteiger partial charge in [0.25, 0.3) is 5.69 Å². The van der Waals surface area contributed by atoms with Crippen molar-refractivity contribution in [3.63, 3.8) is 0 Å². The number of nitro benzene ring substituents is 1. The van der Waals surface area contributed by atoms with Crippen molar-refractivity contribution in [3.05, 3.63) is 63.2 Å². The Morgan fingerprint density at radius 3 is 2.48 bits per heavy atom. The number of nitro groups is 1. The van der Waals surface area contributed by atoms with Crippen molar-refractivity contribution in [1.82, 2.24) is 0 Å². The van der Waals surface area contributed by atoms with Crippen molar-refractivity contribution in [2.75, 3.05) is 5.73 Å². The summed E-state index contributed by atoms with van der Waals surface area (Å²) in [4.78, 5) is 10.3. The molecule has 0 radical (unpaired) electrons. The summed E-state index contributed by atoms with van der Waals surface area (Å²) in [6.07, 6.45) is 0. The smallest absolute Gasteiger partial charge is 0.275 e. The molecule has 0 aliphatic heterocycles. The molecule has 0 fully saturated rings. The zero-order valence-corrected chi connectivity index (χ0v) is 12.3. The number of rotatable bonds is 4. The third-order valence-corrected chi connectivity index (χ3v) is 4.84. The fourth-order valence-electron chi connectivity index (χ4n) is 1.84. The minimum atomic E-state index is -3.78. The molecule has 2 rings (SSSR count). The molecule has 0 bridgehead atoms. The molecular formula is C13H11ClN2O4S. The van der Waals surface area contributed by atoms with Gasteiger partial charge in [0.15, 0.2) is 9.84 Å². The van der Waals surface area contributed by atoms with Crippen molar-refractivity contribution in [1.29, 1.82) is 0 Å². The molecule has 8 heteroatoms. The van der Waals surface area contributed by atoms with Gasteiger partial charge in [-0.25, -0.2) is 8.42 Å². The Morgan fingerprint density at radius 2 is 1.86 bits per heavy atom. The van der Waals surface area contributed by atoms with E-state index >= 15 is 0 Å². The Kier molecular flexibility index (Phi) is 4.15. The molecule has 110 valence electrons. The lowest BCUT2D eigenvalue weighted by Gasteiger charge is -2.07. The van der Waals surface area contributed by atoms with Crippen LogP contribution in [0.5, 0.6) is 0 Å². The van der Waals surface area contributed by atoms with Gasteiger partial charge in [-0.05, 0) is 24.3 Å². The molecule has 0 saturated carbocycles. The summed E-state index contributed by atoms with van der Waals surface area (Å²) >= 11 is 5.90. The second-order valence-electron chi connectivity index (χ2n) is 4.33. The lowest BCUT2D eigenvalue weighted by Crippen LogP contribution is -2.08. The fraction of sp³-hybridized carbons (Fsp3) is 0.0769. The van der Waals surface area contributed by atoms with Gasteiger partial charge in [-0.15, -0.1) is 0 Å². The molecule has 0 atom stereocenters. The normalized spacial score (nSPS) is 11.3. The summed E-state index contributed by atoms with van der Waals surface area (Å²) in [7, 11) is -3.78. The maximum Gasteiger partial charge on any atom is 0.275 e. The maximum absolute atomic E-state index is 12.3. The van der Waals surface area contributed by atoms with Crippen LogP contribution < -0.4 is 5.73 Å². The highest BCUT2D eigenvalue weighted by Gasteiger charge is 2.24. The van der Waals surface area contributed by atoms with E-state index in [0.29, 0.717) is 5.69 Å². The van der Waals surface area contributed by atoms with Crippen LogP contribution in [0.3, 0.4) is 0 Å². The summed E-state index contributed by atoms with van der Waals surface area (Å²) in [5.74, 6) is -0.563. The molecule has 6 nitrogen and oxygen atoms in total. The number of nitrogens with zero attached hydrogens (tertiary/aromatic N) is 1. The van der Waals surface area contributed by atoms with Gasteiger partial charge >= 0.3 is 0 Å².